The highest BCUT2D eigenvalue weighted by Gasteiger charge is 2.11. The highest BCUT2D eigenvalue weighted by atomic mass is 19.1. The Kier molecular flexibility index (Phi) is 3.68. The number of hydrogen-bond acceptors (Lipinski definition) is 4. The second kappa shape index (κ2) is 6.01. The Balaban J connectivity index is 1.72. The van der Waals surface area contributed by atoms with E-state index in [0.717, 1.165) is 17.2 Å². The summed E-state index contributed by atoms with van der Waals surface area (Å²) in [4.78, 5) is 4.50. The maximum atomic E-state index is 14.1. The lowest BCUT2D eigenvalue weighted by Gasteiger charge is -2.10. The minimum Gasteiger partial charge on any atom is -0.364 e. The van der Waals surface area contributed by atoms with Gasteiger partial charge in [-0.2, -0.15) is 14.7 Å². The average molecular weight is 336 g/mol. The highest BCUT2D eigenvalue weighted by molar-refractivity contribution is 5.66. The molecular weight excluding hydrogens is 319 g/mol. The fourth-order valence-electron chi connectivity index (χ4n) is 2.75. The normalized spacial score (nSPS) is 11.2. The molecule has 0 aliphatic heterocycles. The van der Waals surface area contributed by atoms with Gasteiger partial charge in [0, 0.05) is 30.4 Å². The third-order valence-corrected chi connectivity index (χ3v) is 4.12. The zero-order valence-electron chi connectivity index (χ0n) is 13.9. The van der Waals surface area contributed by atoms with Crippen LogP contribution in [-0.2, 0) is 13.6 Å². The third-order valence-electron chi connectivity index (χ3n) is 4.12. The number of fused-ring (bicyclic) bond motifs is 1. The minimum atomic E-state index is -0.301. The topological polar surface area (TPSA) is 60.0 Å². The molecule has 0 aliphatic rings. The van der Waals surface area contributed by atoms with Crippen LogP contribution in [-0.4, -0.2) is 24.4 Å². The van der Waals surface area contributed by atoms with E-state index in [-0.39, 0.29) is 5.82 Å². The first-order valence-corrected chi connectivity index (χ1v) is 7.95. The van der Waals surface area contributed by atoms with Gasteiger partial charge in [-0.05, 0) is 25.1 Å². The molecule has 0 spiro atoms. The van der Waals surface area contributed by atoms with Gasteiger partial charge < -0.3 is 5.32 Å². The average Bonchev–Trinajstić information content (AvgIpc) is 3.19. The van der Waals surface area contributed by atoms with E-state index < -0.39 is 0 Å². The van der Waals surface area contributed by atoms with E-state index >= 15 is 0 Å². The molecule has 0 aliphatic carbocycles. The number of aryl methyl sites for hydroxylation is 2. The van der Waals surface area contributed by atoms with E-state index in [1.54, 1.807) is 41.0 Å². The van der Waals surface area contributed by atoms with Crippen molar-refractivity contribution >= 4 is 11.5 Å². The standard InChI is InChI=1S/C18H17FN6/c1-12-9-13(23-24(12)2)11-20-18-10-16(14-5-3-4-6-15(14)19)22-17-7-8-21-25(17)18/h3-10,20H,11H2,1-2H3. The first kappa shape index (κ1) is 15.3. The molecule has 0 amide bonds. The van der Waals surface area contributed by atoms with Crippen LogP contribution in [0.5, 0.6) is 0 Å². The first-order valence-electron chi connectivity index (χ1n) is 7.95. The van der Waals surface area contributed by atoms with Crippen LogP contribution in [0.1, 0.15) is 11.4 Å². The van der Waals surface area contributed by atoms with Gasteiger partial charge in [0.1, 0.15) is 11.6 Å². The zero-order chi connectivity index (χ0) is 17.4. The number of nitrogens with one attached hydrogen (secondary N) is 1. The van der Waals surface area contributed by atoms with Crippen molar-refractivity contribution in [3.63, 3.8) is 0 Å². The number of benzene rings is 1. The van der Waals surface area contributed by atoms with Crippen LogP contribution in [0.25, 0.3) is 16.9 Å². The Morgan fingerprint density at radius 3 is 2.76 bits per heavy atom. The second-order valence-corrected chi connectivity index (χ2v) is 5.86. The lowest BCUT2D eigenvalue weighted by molar-refractivity contribution is 0.630. The quantitative estimate of drug-likeness (QED) is 0.622. The summed E-state index contributed by atoms with van der Waals surface area (Å²) in [6, 6.07) is 12.2. The molecule has 0 fully saturated rings. The third kappa shape index (κ3) is 2.84. The van der Waals surface area contributed by atoms with Crippen LogP contribution in [0.15, 0.2) is 48.7 Å². The minimum absolute atomic E-state index is 0.301. The van der Waals surface area contributed by atoms with Gasteiger partial charge >= 0.3 is 0 Å². The highest BCUT2D eigenvalue weighted by Crippen LogP contribution is 2.24. The molecule has 25 heavy (non-hydrogen) atoms. The maximum absolute atomic E-state index is 14.1. The van der Waals surface area contributed by atoms with Gasteiger partial charge in [0.25, 0.3) is 0 Å². The van der Waals surface area contributed by atoms with Gasteiger partial charge in [0.2, 0.25) is 0 Å². The Hall–Kier alpha value is -3.22. The van der Waals surface area contributed by atoms with Crippen LogP contribution in [0.3, 0.4) is 0 Å². The fourth-order valence-corrected chi connectivity index (χ4v) is 2.75. The largest absolute Gasteiger partial charge is 0.364 e. The number of nitrogens with zero attached hydrogens (tertiary/aromatic N) is 5. The van der Waals surface area contributed by atoms with E-state index in [0.29, 0.717) is 23.4 Å². The molecule has 0 bridgehead atoms. The molecule has 0 saturated heterocycles. The molecule has 4 rings (SSSR count). The summed E-state index contributed by atoms with van der Waals surface area (Å²) >= 11 is 0. The molecule has 6 nitrogen and oxygen atoms in total. The van der Waals surface area contributed by atoms with Gasteiger partial charge in [0.05, 0.1) is 24.1 Å². The number of anilines is 1. The molecular formula is C18H17FN6. The van der Waals surface area contributed by atoms with Crippen molar-refractivity contribution in [3.8, 4) is 11.3 Å². The van der Waals surface area contributed by atoms with Crippen molar-refractivity contribution in [3.05, 3.63) is 65.9 Å². The number of rotatable bonds is 4. The fraction of sp³-hybridized carbons (Fsp3) is 0.167. The molecule has 0 radical (unpaired) electrons. The van der Waals surface area contributed by atoms with E-state index in [4.69, 9.17) is 0 Å². The summed E-state index contributed by atoms with van der Waals surface area (Å²) in [5, 5.41) is 12.0. The molecule has 0 atom stereocenters. The monoisotopic (exact) mass is 336 g/mol. The molecule has 3 heterocycles. The zero-order valence-corrected chi connectivity index (χ0v) is 13.9. The van der Waals surface area contributed by atoms with E-state index in [1.807, 2.05) is 24.7 Å². The molecule has 126 valence electrons. The van der Waals surface area contributed by atoms with Crippen LogP contribution >= 0.6 is 0 Å². The Labute approximate surface area is 143 Å². The molecule has 7 heteroatoms. The summed E-state index contributed by atoms with van der Waals surface area (Å²) in [6.07, 6.45) is 1.67. The lowest BCUT2D eigenvalue weighted by atomic mass is 10.1. The SMILES string of the molecule is Cc1cc(CNc2cc(-c3ccccc3F)nc3ccnn23)nn1C. The first-order chi connectivity index (χ1) is 12.1. The van der Waals surface area contributed by atoms with Crippen LogP contribution in [0, 0.1) is 12.7 Å². The van der Waals surface area contributed by atoms with Gasteiger partial charge in [-0.25, -0.2) is 9.37 Å². The molecule has 0 unspecified atom stereocenters. The van der Waals surface area contributed by atoms with Crippen LogP contribution < -0.4 is 5.32 Å². The van der Waals surface area contributed by atoms with Crippen LogP contribution in [0.4, 0.5) is 10.2 Å². The van der Waals surface area contributed by atoms with E-state index in [9.17, 15) is 4.39 Å². The summed E-state index contributed by atoms with van der Waals surface area (Å²) < 4.78 is 17.7. The van der Waals surface area contributed by atoms with Crippen molar-refractivity contribution in [2.24, 2.45) is 7.05 Å². The molecule has 1 N–H and O–H groups in total. The van der Waals surface area contributed by atoms with Crippen molar-refractivity contribution in [2.75, 3.05) is 5.32 Å². The lowest BCUT2D eigenvalue weighted by Crippen LogP contribution is -2.07. The van der Waals surface area contributed by atoms with Crippen molar-refractivity contribution < 1.29 is 4.39 Å². The maximum Gasteiger partial charge on any atom is 0.157 e. The van der Waals surface area contributed by atoms with Gasteiger partial charge in [-0.15, -0.1) is 0 Å². The van der Waals surface area contributed by atoms with E-state index in [2.05, 4.69) is 20.5 Å². The van der Waals surface area contributed by atoms with Gasteiger partial charge in [-0.1, -0.05) is 12.1 Å². The Morgan fingerprint density at radius 2 is 2.00 bits per heavy atom. The summed E-state index contributed by atoms with van der Waals surface area (Å²) in [5.41, 5.74) is 3.68. The predicted octanol–water partition coefficient (Wildman–Crippen LogP) is 3.19. The van der Waals surface area contributed by atoms with Gasteiger partial charge in [0.15, 0.2) is 5.65 Å². The number of hydrogen-bond donors (Lipinski definition) is 1. The molecule has 0 saturated carbocycles. The molecule has 1 aromatic carbocycles. The van der Waals surface area contributed by atoms with Gasteiger partial charge in [-0.3, -0.25) is 4.68 Å². The second-order valence-electron chi connectivity index (χ2n) is 5.86. The molecule has 3 aromatic heterocycles. The van der Waals surface area contributed by atoms with Crippen molar-refractivity contribution in [1.29, 1.82) is 0 Å². The predicted molar refractivity (Wildman–Crippen MR) is 93.7 cm³/mol. The number of halogens is 1. The van der Waals surface area contributed by atoms with E-state index in [1.165, 1.54) is 6.07 Å². The Morgan fingerprint density at radius 1 is 1.16 bits per heavy atom. The van der Waals surface area contributed by atoms with Crippen molar-refractivity contribution in [2.45, 2.75) is 13.5 Å². The summed E-state index contributed by atoms with van der Waals surface area (Å²) in [7, 11) is 1.91. The Bertz CT molecular complexity index is 1030. The van der Waals surface area contributed by atoms with Crippen molar-refractivity contribution in [1.82, 2.24) is 24.4 Å². The van der Waals surface area contributed by atoms with Crippen LogP contribution in [0.2, 0.25) is 0 Å². The summed E-state index contributed by atoms with van der Waals surface area (Å²) in [6.45, 7) is 2.54. The molecule has 4 aromatic rings. The summed E-state index contributed by atoms with van der Waals surface area (Å²) in [5.74, 6) is 0.432. The smallest absolute Gasteiger partial charge is 0.157 e. The number of aromatic nitrogens is 5.